The number of benzene rings is 1. The number of likely N-dealkylation sites (tertiary alicyclic amines) is 1. The van der Waals surface area contributed by atoms with Gasteiger partial charge in [0.1, 0.15) is 0 Å². The van der Waals surface area contributed by atoms with Crippen molar-refractivity contribution in [3.05, 3.63) is 35.5 Å². The van der Waals surface area contributed by atoms with Gasteiger partial charge < -0.3 is 35.8 Å². The van der Waals surface area contributed by atoms with Crippen LogP contribution in [0.1, 0.15) is 46.5 Å². The van der Waals surface area contributed by atoms with Crippen molar-refractivity contribution in [1.29, 1.82) is 0 Å². The van der Waals surface area contributed by atoms with Gasteiger partial charge in [-0.2, -0.15) is 4.98 Å². The molecule has 2 aromatic rings. The Morgan fingerprint density at radius 3 is 2.37 bits per heavy atom. The normalized spacial score (nSPS) is 19.8. The van der Waals surface area contributed by atoms with E-state index in [1.165, 1.54) is 0 Å². The van der Waals surface area contributed by atoms with E-state index in [2.05, 4.69) is 25.8 Å². The molecule has 0 aliphatic carbocycles. The molecule has 3 aliphatic heterocycles. The smallest absolute Gasteiger partial charge is 0.317 e. The van der Waals surface area contributed by atoms with Crippen molar-refractivity contribution >= 4 is 35.3 Å². The van der Waals surface area contributed by atoms with Gasteiger partial charge in [-0.05, 0) is 49.9 Å². The number of rotatable bonds is 6. The van der Waals surface area contributed by atoms with Crippen LogP contribution in [-0.4, -0.2) is 101 Å². The minimum absolute atomic E-state index is 0.0321. The fourth-order valence-electron chi connectivity index (χ4n) is 4.95. The van der Waals surface area contributed by atoms with Gasteiger partial charge in [0.05, 0.1) is 13.2 Å². The molecule has 0 radical (unpaired) electrons. The van der Waals surface area contributed by atoms with E-state index in [-0.39, 0.29) is 29.5 Å². The summed E-state index contributed by atoms with van der Waals surface area (Å²) in [5.41, 5.74) is 6.62. The number of carbonyl (C=O) groups excluding carboxylic acids is 3. The summed E-state index contributed by atoms with van der Waals surface area (Å²) in [5, 5.41) is 14.4. The largest absolute Gasteiger partial charge is 0.378 e. The molecule has 38 heavy (non-hydrogen) atoms. The molecule has 1 aromatic carbocycles. The van der Waals surface area contributed by atoms with Crippen molar-refractivity contribution in [2.75, 3.05) is 62.7 Å². The summed E-state index contributed by atoms with van der Waals surface area (Å²) >= 11 is 0. The molecule has 4 heterocycles. The first-order valence-electron chi connectivity index (χ1n) is 13.1. The van der Waals surface area contributed by atoms with Gasteiger partial charge in [-0.1, -0.05) is 0 Å². The molecular weight excluding hydrogens is 490 g/mol. The first-order valence-corrected chi connectivity index (χ1v) is 13.1. The number of aromatic nitrogens is 3. The van der Waals surface area contributed by atoms with Crippen molar-refractivity contribution in [3.63, 3.8) is 0 Å². The number of amides is 4. The van der Waals surface area contributed by atoms with Gasteiger partial charge in [0, 0.05) is 56.6 Å². The third-order valence-corrected chi connectivity index (χ3v) is 7.03. The molecule has 0 bridgehead atoms. The third kappa shape index (κ3) is 5.93. The summed E-state index contributed by atoms with van der Waals surface area (Å²) in [7, 11) is 0. The maximum Gasteiger partial charge on any atom is 0.317 e. The van der Waals surface area contributed by atoms with Crippen LogP contribution in [0, 0.1) is 0 Å². The molecule has 1 aromatic heterocycles. The Kier molecular flexibility index (Phi) is 7.82. The highest BCUT2D eigenvalue weighted by atomic mass is 16.5. The van der Waals surface area contributed by atoms with E-state index in [0.717, 1.165) is 38.8 Å². The van der Waals surface area contributed by atoms with Gasteiger partial charge in [-0.15, -0.1) is 10.2 Å². The Balaban J connectivity index is 1.27. The maximum absolute atomic E-state index is 12.7. The van der Waals surface area contributed by atoms with Gasteiger partial charge in [0.25, 0.3) is 11.8 Å². The van der Waals surface area contributed by atoms with Crippen LogP contribution in [0.4, 0.5) is 22.2 Å². The van der Waals surface area contributed by atoms with E-state index >= 15 is 0 Å². The van der Waals surface area contributed by atoms with Crippen molar-refractivity contribution < 1.29 is 19.1 Å². The molecule has 3 aliphatic rings. The lowest BCUT2D eigenvalue weighted by atomic mass is 10.1. The van der Waals surface area contributed by atoms with Crippen LogP contribution in [0.5, 0.6) is 0 Å². The second-order valence-electron chi connectivity index (χ2n) is 9.71. The van der Waals surface area contributed by atoms with E-state index in [4.69, 9.17) is 10.5 Å². The molecule has 0 saturated carbocycles. The summed E-state index contributed by atoms with van der Waals surface area (Å²) in [6, 6.07) is 6.85. The summed E-state index contributed by atoms with van der Waals surface area (Å²) in [6.07, 6.45) is 3.80. The molecule has 13 nitrogen and oxygen atoms in total. The van der Waals surface area contributed by atoms with Crippen LogP contribution in [0.2, 0.25) is 0 Å². The van der Waals surface area contributed by atoms with Crippen LogP contribution in [0.3, 0.4) is 0 Å². The molecular formula is C25H33N9O4. The minimum Gasteiger partial charge on any atom is -0.378 e. The van der Waals surface area contributed by atoms with Crippen molar-refractivity contribution in [2.24, 2.45) is 5.73 Å². The highest BCUT2D eigenvalue weighted by Crippen LogP contribution is 2.23. The summed E-state index contributed by atoms with van der Waals surface area (Å²) < 4.78 is 5.32. The number of primary amides is 1. The van der Waals surface area contributed by atoms with Crippen LogP contribution in [0.25, 0.3) is 0 Å². The molecule has 1 atom stereocenters. The number of hydrogen-bond donors (Lipinski definition) is 3. The zero-order valence-corrected chi connectivity index (χ0v) is 21.3. The summed E-state index contributed by atoms with van der Waals surface area (Å²) in [6.45, 7) is 5.02. The molecule has 0 spiro atoms. The molecule has 3 fully saturated rings. The number of nitrogens with two attached hydrogens (primary N) is 1. The lowest BCUT2D eigenvalue weighted by Gasteiger charge is -2.34. The quantitative estimate of drug-likeness (QED) is 0.501. The van der Waals surface area contributed by atoms with Crippen LogP contribution < -0.4 is 21.3 Å². The fraction of sp³-hybridized carbons (Fsp3) is 0.520. The van der Waals surface area contributed by atoms with Gasteiger partial charge in [0.15, 0.2) is 11.5 Å². The zero-order valence-electron chi connectivity index (χ0n) is 21.3. The Morgan fingerprint density at radius 1 is 0.921 bits per heavy atom. The van der Waals surface area contributed by atoms with Crippen molar-refractivity contribution in [3.8, 4) is 0 Å². The highest BCUT2D eigenvalue weighted by molar-refractivity contribution is 5.97. The number of nitrogens with zero attached hydrogens (tertiary/aromatic N) is 6. The van der Waals surface area contributed by atoms with E-state index < -0.39 is 5.91 Å². The number of hydrogen-bond acceptors (Lipinski definition) is 9. The number of carbonyl (C=O) groups is 3. The molecule has 5 rings (SSSR count). The monoisotopic (exact) mass is 523 g/mol. The average molecular weight is 524 g/mol. The standard InChI is InChI=1S/C25H33N9O4/c26-21(35)20-22(27-18-7-5-17(6-8-18)23(36)32-12-14-38-15-13-32)29-24(31-30-20)34-11-3-4-19(16-34)28-25(37)33-9-1-2-10-33/h5-8,19H,1-4,9-16H2,(H2,26,35)(H,28,37)(H,27,29,31). The predicted molar refractivity (Wildman–Crippen MR) is 139 cm³/mol. The van der Waals surface area contributed by atoms with Gasteiger partial charge in [0.2, 0.25) is 5.95 Å². The van der Waals surface area contributed by atoms with Crippen LogP contribution in [-0.2, 0) is 4.74 Å². The van der Waals surface area contributed by atoms with E-state index in [9.17, 15) is 14.4 Å². The molecule has 4 amide bonds. The number of ether oxygens (including phenoxy) is 1. The number of piperidine rings is 1. The van der Waals surface area contributed by atoms with Gasteiger partial charge >= 0.3 is 6.03 Å². The van der Waals surface area contributed by atoms with Crippen LogP contribution >= 0.6 is 0 Å². The number of morpholine rings is 1. The second-order valence-corrected chi connectivity index (χ2v) is 9.71. The number of nitrogens with one attached hydrogen (secondary N) is 2. The van der Waals surface area contributed by atoms with E-state index in [0.29, 0.717) is 56.6 Å². The topological polar surface area (TPSA) is 159 Å². The zero-order chi connectivity index (χ0) is 26.5. The predicted octanol–water partition coefficient (Wildman–Crippen LogP) is 0.961. The Morgan fingerprint density at radius 2 is 1.66 bits per heavy atom. The second kappa shape index (κ2) is 11.6. The van der Waals surface area contributed by atoms with E-state index in [1.54, 1.807) is 29.2 Å². The maximum atomic E-state index is 12.7. The van der Waals surface area contributed by atoms with Gasteiger partial charge in [-0.3, -0.25) is 9.59 Å². The summed E-state index contributed by atoms with van der Waals surface area (Å²) in [5.74, 6) is -0.289. The van der Waals surface area contributed by atoms with Crippen LogP contribution in [0.15, 0.2) is 24.3 Å². The molecule has 3 saturated heterocycles. The van der Waals surface area contributed by atoms with Crippen molar-refractivity contribution in [2.45, 2.75) is 31.7 Å². The van der Waals surface area contributed by atoms with Crippen molar-refractivity contribution in [1.82, 2.24) is 30.3 Å². The molecule has 4 N–H and O–H groups in total. The Bertz CT molecular complexity index is 1160. The Hall–Kier alpha value is -4.00. The number of urea groups is 1. The first-order chi connectivity index (χ1) is 18.5. The molecule has 1 unspecified atom stereocenters. The fourth-order valence-corrected chi connectivity index (χ4v) is 4.95. The molecule has 13 heteroatoms. The SMILES string of the molecule is NC(=O)c1nnc(N2CCCC(NC(=O)N3CCCC3)C2)nc1Nc1ccc(C(=O)N2CCOCC2)cc1. The highest BCUT2D eigenvalue weighted by Gasteiger charge is 2.27. The Labute approximate surface area is 220 Å². The lowest BCUT2D eigenvalue weighted by molar-refractivity contribution is 0.0303. The summed E-state index contributed by atoms with van der Waals surface area (Å²) in [4.78, 5) is 47.4. The third-order valence-electron chi connectivity index (χ3n) is 7.03. The van der Waals surface area contributed by atoms with E-state index in [1.807, 2.05) is 9.80 Å². The number of anilines is 3. The lowest BCUT2D eigenvalue weighted by Crippen LogP contribution is -2.51. The first kappa shape index (κ1) is 25.6. The minimum atomic E-state index is -0.757. The van der Waals surface area contributed by atoms with Gasteiger partial charge in [-0.25, -0.2) is 4.79 Å². The average Bonchev–Trinajstić information content (AvgIpc) is 3.49. The molecule has 202 valence electrons.